The van der Waals surface area contributed by atoms with E-state index < -0.39 is 13.8 Å². The Hall–Kier alpha value is -0.853. The lowest BCUT2D eigenvalue weighted by atomic mass is 10.5. The van der Waals surface area contributed by atoms with Crippen LogP contribution >= 0.6 is 0 Å². The first-order valence-electron chi connectivity index (χ1n) is 5.59. The van der Waals surface area contributed by atoms with Crippen LogP contribution in [0.15, 0.2) is 0 Å². The van der Waals surface area contributed by atoms with Gasteiger partial charge in [0, 0.05) is 0 Å². The molecule has 0 N–H and O–H groups in total. The minimum atomic E-state index is -3.36. The van der Waals surface area contributed by atoms with E-state index in [0.717, 1.165) is 0 Å². The van der Waals surface area contributed by atoms with Crippen molar-refractivity contribution in [3.8, 4) is 0 Å². The molecule has 6 heteroatoms. The Morgan fingerprint density at radius 3 is 1.94 bits per heavy atom. The van der Waals surface area contributed by atoms with Gasteiger partial charge >= 0.3 is 8.07 Å². The first kappa shape index (κ1) is 14.2. The van der Waals surface area contributed by atoms with Gasteiger partial charge in [0.05, 0.1) is 18.9 Å². The SMILES string of the molecule is CC(=O)[Si](C(C)=O)(C(C)=O)C(C)OCC1CO1. The second kappa shape index (κ2) is 5.20. The maximum Gasteiger partial charge on any atom is 0.306 e. The fraction of sp³-hybridized carbons (Fsp3) is 0.727. The van der Waals surface area contributed by atoms with Crippen molar-refractivity contribution in [3.05, 3.63) is 0 Å². The molecule has 1 rings (SSSR count). The van der Waals surface area contributed by atoms with Crippen molar-refractivity contribution in [2.75, 3.05) is 13.2 Å². The first-order valence-corrected chi connectivity index (χ1v) is 7.67. The number of epoxide rings is 1. The van der Waals surface area contributed by atoms with Gasteiger partial charge in [0.2, 0.25) is 0 Å². The molecule has 0 bridgehead atoms. The third-order valence-corrected chi connectivity index (χ3v) is 7.93. The molecule has 0 saturated carbocycles. The Labute approximate surface area is 101 Å². The van der Waals surface area contributed by atoms with Gasteiger partial charge in [0.1, 0.15) is 22.3 Å². The highest BCUT2D eigenvalue weighted by atomic mass is 28.3. The topological polar surface area (TPSA) is 73.0 Å². The number of hydrogen-bond donors (Lipinski definition) is 0. The zero-order chi connectivity index (χ0) is 13.2. The lowest BCUT2D eigenvalue weighted by molar-refractivity contribution is -0.119. The summed E-state index contributed by atoms with van der Waals surface area (Å²) >= 11 is 0. The van der Waals surface area contributed by atoms with E-state index in [2.05, 4.69) is 0 Å². The van der Waals surface area contributed by atoms with E-state index in [1.54, 1.807) is 6.92 Å². The standard InChI is InChI=1S/C11H18O5Si/c1-7(12)17(8(2)13,9(3)14)10(4)15-5-11-6-16-11/h10-11H,5-6H2,1-4H3. The number of ether oxygens (including phenoxy) is 2. The molecule has 0 aromatic heterocycles. The van der Waals surface area contributed by atoms with Crippen molar-refractivity contribution in [1.82, 2.24) is 0 Å². The van der Waals surface area contributed by atoms with Crippen molar-refractivity contribution < 1.29 is 23.9 Å². The molecule has 0 amide bonds. The first-order chi connectivity index (χ1) is 7.83. The van der Waals surface area contributed by atoms with E-state index in [-0.39, 0.29) is 22.3 Å². The van der Waals surface area contributed by atoms with Crippen LogP contribution in [0.2, 0.25) is 0 Å². The van der Waals surface area contributed by atoms with Crippen LogP contribution in [-0.2, 0) is 23.9 Å². The maximum absolute atomic E-state index is 11.8. The lowest BCUT2D eigenvalue weighted by Crippen LogP contribution is -2.65. The van der Waals surface area contributed by atoms with Crippen LogP contribution in [0.1, 0.15) is 27.7 Å². The fourth-order valence-electron chi connectivity index (χ4n) is 2.14. The third kappa shape index (κ3) is 2.70. The molecule has 1 heterocycles. The second-order valence-electron chi connectivity index (χ2n) is 4.41. The van der Waals surface area contributed by atoms with Crippen LogP contribution in [0.5, 0.6) is 0 Å². The zero-order valence-electron chi connectivity index (χ0n) is 10.6. The Morgan fingerprint density at radius 2 is 1.65 bits per heavy atom. The molecule has 1 aliphatic rings. The molecule has 5 nitrogen and oxygen atoms in total. The molecule has 17 heavy (non-hydrogen) atoms. The molecule has 1 aliphatic heterocycles. The van der Waals surface area contributed by atoms with E-state index in [1.807, 2.05) is 0 Å². The Balaban J connectivity index is 2.89. The van der Waals surface area contributed by atoms with Crippen LogP contribution in [0.25, 0.3) is 0 Å². The van der Waals surface area contributed by atoms with Crippen LogP contribution < -0.4 is 0 Å². The van der Waals surface area contributed by atoms with Crippen molar-refractivity contribution in [2.24, 2.45) is 0 Å². The van der Waals surface area contributed by atoms with Crippen LogP contribution in [0, 0.1) is 0 Å². The maximum atomic E-state index is 11.8. The van der Waals surface area contributed by atoms with Crippen molar-refractivity contribution in [3.63, 3.8) is 0 Å². The van der Waals surface area contributed by atoms with Gasteiger partial charge in [-0.2, -0.15) is 0 Å². The molecular formula is C11H18O5Si. The average molecular weight is 258 g/mol. The second-order valence-corrected chi connectivity index (χ2v) is 8.95. The van der Waals surface area contributed by atoms with E-state index in [0.29, 0.717) is 13.2 Å². The molecule has 0 radical (unpaired) electrons. The van der Waals surface area contributed by atoms with Crippen LogP contribution in [-0.4, -0.2) is 49.3 Å². The molecule has 2 atom stereocenters. The quantitative estimate of drug-likeness (QED) is 0.480. The molecule has 0 spiro atoms. The highest BCUT2D eigenvalue weighted by molar-refractivity contribution is 7.40. The van der Waals surface area contributed by atoms with Gasteiger partial charge in [-0.15, -0.1) is 0 Å². The number of hydrogen-bond acceptors (Lipinski definition) is 5. The van der Waals surface area contributed by atoms with Gasteiger partial charge in [-0.05, 0) is 27.7 Å². The third-order valence-electron chi connectivity index (χ3n) is 3.21. The molecule has 1 fully saturated rings. The fourth-order valence-corrected chi connectivity index (χ4v) is 5.69. The highest BCUT2D eigenvalue weighted by Gasteiger charge is 2.55. The van der Waals surface area contributed by atoms with Gasteiger partial charge < -0.3 is 23.9 Å². The molecule has 1 saturated heterocycles. The molecule has 2 unspecified atom stereocenters. The summed E-state index contributed by atoms with van der Waals surface area (Å²) in [4.78, 5) is 35.3. The molecule has 0 aliphatic carbocycles. The summed E-state index contributed by atoms with van der Waals surface area (Å²) in [6, 6.07) is 0. The summed E-state index contributed by atoms with van der Waals surface area (Å²) in [5.41, 5.74) is -0.626. The summed E-state index contributed by atoms with van der Waals surface area (Å²) in [7, 11) is -3.36. The molecule has 96 valence electrons. The predicted octanol–water partition coefficient (Wildman–Crippen LogP) is 0.163. The van der Waals surface area contributed by atoms with Gasteiger partial charge in [-0.1, -0.05) is 0 Å². The average Bonchev–Trinajstić information content (AvgIpc) is 2.96. The number of rotatable bonds is 7. The van der Waals surface area contributed by atoms with Crippen LogP contribution in [0.4, 0.5) is 0 Å². The number of carbonyl (C=O) groups is 3. The smallest absolute Gasteiger partial charge is 0.306 e. The molecular weight excluding hydrogens is 240 g/mol. The largest absolute Gasteiger partial charge is 0.377 e. The van der Waals surface area contributed by atoms with Crippen molar-refractivity contribution in [2.45, 2.75) is 39.5 Å². The summed E-state index contributed by atoms with van der Waals surface area (Å²) in [6.07, 6.45) is 0.0509. The summed E-state index contributed by atoms with van der Waals surface area (Å²) < 4.78 is 10.5. The number of carbonyl (C=O) groups excluding carboxylic acids is 3. The van der Waals surface area contributed by atoms with E-state index in [9.17, 15) is 14.4 Å². The van der Waals surface area contributed by atoms with E-state index in [4.69, 9.17) is 9.47 Å². The Kier molecular flexibility index (Phi) is 4.35. The Bertz CT molecular complexity index is 312. The van der Waals surface area contributed by atoms with Gasteiger partial charge in [0.15, 0.2) is 0 Å². The van der Waals surface area contributed by atoms with Gasteiger partial charge in [-0.25, -0.2) is 0 Å². The minimum Gasteiger partial charge on any atom is -0.377 e. The summed E-state index contributed by atoms with van der Waals surface area (Å²) in [6.45, 7) is 6.54. The van der Waals surface area contributed by atoms with Crippen molar-refractivity contribution >= 4 is 24.3 Å². The zero-order valence-corrected chi connectivity index (χ0v) is 11.6. The van der Waals surface area contributed by atoms with Crippen molar-refractivity contribution in [1.29, 1.82) is 0 Å². The summed E-state index contributed by atoms with van der Waals surface area (Å²) in [5.74, 6) is 0. The molecule has 0 aromatic rings. The molecule has 0 aromatic carbocycles. The van der Waals surface area contributed by atoms with E-state index >= 15 is 0 Å². The summed E-state index contributed by atoms with van der Waals surface area (Å²) in [5, 5.41) is -0.995. The van der Waals surface area contributed by atoms with Gasteiger partial charge in [-0.3, -0.25) is 0 Å². The van der Waals surface area contributed by atoms with Crippen LogP contribution in [0.3, 0.4) is 0 Å². The lowest BCUT2D eigenvalue weighted by Gasteiger charge is -2.29. The van der Waals surface area contributed by atoms with Gasteiger partial charge in [0.25, 0.3) is 0 Å². The van der Waals surface area contributed by atoms with E-state index in [1.165, 1.54) is 20.8 Å². The predicted molar refractivity (Wildman–Crippen MR) is 63.0 cm³/mol. The minimum absolute atomic E-state index is 0.0509. The Morgan fingerprint density at radius 1 is 1.24 bits per heavy atom. The normalized spacial score (nSPS) is 20.8. The highest BCUT2D eigenvalue weighted by Crippen LogP contribution is 2.19. The monoisotopic (exact) mass is 258 g/mol.